The molecule has 4 aromatic rings. The molecule has 3 aromatic carbocycles. The summed E-state index contributed by atoms with van der Waals surface area (Å²) in [5.74, 6) is -0.0554. The predicted octanol–water partition coefficient (Wildman–Crippen LogP) is 5.94. The third kappa shape index (κ3) is 2.96. The summed E-state index contributed by atoms with van der Waals surface area (Å²) in [4.78, 5) is 12.5. The van der Waals surface area contributed by atoms with E-state index >= 15 is 0 Å². The molecule has 0 unspecified atom stereocenters. The Hall–Kier alpha value is -3.11. The van der Waals surface area contributed by atoms with Crippen LogP contribution in [0.4, 0.5) is 5.69 Å². The van der Waals surface area contributed by atoms with Crippen molar-refractivity contribution in [2.24, 2.45) is 0 Å². The number of fused-ring (bicyclic) bond motifs is 2. The number of rotatable bonds is 3. The third-order valence-corrected chi connectivity index (χ3v) is 5.57. The molecule has 0 saturated heterocycles. The highest BCUT2D eigenvalue weighted by Crippen LogP contribution is 2.35. The van der Waals surface area contributed by atoms with Gasteiger partial charge in [0.2, 0.25) is 0 Å². The first-order chi connectivity index (χ1) is 13.7. The lowest BCUT2D eigenvalue weighted by molar-refractivity contribution is -0.110. The van der Waals surface area contributed by atoms with E-state index in [9.17, 15) is 4.79 Å². The molecular formula is C24H17BrN2O. The summed E-state index contributed by atoms with van der Waals surface area (Å²) in [7, 11) is 0. The summed E-state index contributed by atoms with van der Waals surface area (Å²) in [6.45, 7) is 0.783. The van der Waals surface area contributed by atoms with Crippen LogP contribution in [0.2, 0.25) is 0 Å². The van der Waals surface area contributed by atoms with Crippen molar-refractivity contribution in [2.45, 2.75) is 6.54 Å². The van der Waals surface area contributed by atoms with Crippen molar-refractivity contribution in [3.05, 3.63) is 100 Å². The quantitative estimate of drug-likeness (QED) is 0.402. The number of nitrogens with zero attached hydrogens (tertiary/aromatic N) is 1. The average Bonchev–Trinajstić information content (AvgIpc) is 3.20. The zero-order valence-corrected chi connectivity index (χ0v) is 16.6. The molecule has 0 spiro atoms. The van der Waals surface area contributed by atoms with E-state index < -0.39 is 0 Å². The minimum absolute atomic E-state index is 0.0554. The Labute approximate surface area is 171 Å². The number of hydrogen-bond donors (Lipinski definition) is 1. The minimum Gasteiger partial charge on any atom is -0.342 e. The second-order valence-corrected chi connectivity index (χ2v) is 7.83. The molecule has 5 rings (SSSR count). The second-order valence-electron chi connectivity index (χ2n) is 6.92. The maximum absolute atomic E-state index is 12.5. The van der Waals surface area contributed by atoms with Crippen molar-refractivity contribution in [1.29, 1.82) is 0 Å². The van der Waals surface area contributed by atoms with E-state index in [1.165, 1.54) is 5.56 Å². The van der Waals surface area contributed by atoms with Gasteiger partial charge in [0.25, 0.3) is 5.91 Å². The summed E-state index contributed by atoms with van der Waals surface area (Å²) < 4.78 is 3.26. The average molecular weight is 429 g/mol. The molecular weight excluding hydrogens is 412 g/mol. The number of benzene rings is 3. The van der Waals surface area contributed by atoms with Crippen LogP contribution in [0.15, 0.2) is 83.5 Å². The lowest BCUT2D eigenvalue weighted by Crippen LogP contribution is -2.03. The highest BCUT2D eigenvalue weighted by Gasteiger charge is 2.24. The lowest BCUT2D eigenvalue weighted by atomic mass is 10.0. The van der Waals surface area contributed by atoms with Gasteiger partial charge in [-0.3, -0.25) is 4.79 Å². The third-order valence-electron chi connectivity index (χ3n) is 5.08. The molecule has 0 fully saturated rings. The molecule has 1 N–H and O–H groups in total. The summed E-state index contributed by atoms with van der Waals surface area (Å²) in [6, 6.07) is 24.5. The molecule has 28 heavy (non-hydrogen) atoms. The van der Waals surface area contributed by atoms with Crippen molar-refractivity contribution in [1.82, 2.24) is 4.57 Å². The number of para-hydroxylation sites is 1. The van der Waals surface area contributed by atoms with Gasteiger partial charge in [-0.2, -0.15) is 0 Å². The Morgan fingerprint density at radius 2 is 1.75 bits per heavy atom. The Kier molecular flexibility index (Phi) is 4.14. The number of aromatic nitrogens is 1. The molecule has 2 heterocycles. The first-order valence-corrected chi connectivity index (χ1v) is 9.93. The van der Waals surface area contributed by atoms with Crippen LogP contribution in [0.25, 0.3) is 22.6 Å². The number of carbonyl (C=O) groups excluding carboxylic acids is 1. The summed E-state index contributed by atoms with van der Waals surface area (Å²) in [5, 5.41) is 4.07. The molecule has 4 heteroatoms. The van der Waals surface area contributed by atoms with Gasteiger partial charge in [0.15, 0.2) is 0 Å². The van der Waals surface area contributed by atoms with Crippen LogP contribution in [-0.4, -0.2) is 10.5 Å². The second kappa shape index (κ2) is 6.80. The monoisotopic (exact) mass is 428 g/mol. The van der Waals surface area contributed by atoms with Crippen LogP contribution in [0.3, 0.4) is 0 Å². The van der Waals surface area contributed by atoms with Crippen molar-refractivity contribution >= 4 is 50.1 Å². The molecule has 0 radical (unpaired) electrons. The van der Waals surface area contributed by atoms with Gasteiger partial charge in [-0.1, -0.05) is 64.5 Å². The van der Waals surface area contributed by atoms with Gasteiger partial charge < -0.3 is 9.88 Å². The van der Waals surface area contributed by atoms with Crippen LogP contribution in [0, 0.1) is 0 Å². The Bertz CT molecular complexity index is 1240. The van der Waals surface area contributed by atoms with E-state index in [1.54, 1.807) is 0 Å². The highest BCUT2D eigenvalue weighted by molar-refractivity contribution is 9.10. The topological polar surface area (TPSA) is 34.0 Å². The van der Waals surface area contributed by atoms with E-state index in [2.05, 4.69) is 74.5 Å². The molecule has 1 aliphatic rings. The molecule has 0 aliphatic carbocycles. The van der Waals surface area contributed by atoms with Gasteiger partial charge in [-0.25, -0.2) is 0 Å². The van der Waals surface area contributed by atoms with E-state index in [0.29, 0.717) is 5.57 Å². The summed E-state index contributed by atoms with van der Waals surface area (Å²) in [5.41, 5.74) is 5.94. The number of halogens is 1. The first kappa shape index (κ1) is 17.0. The van der Waals surface area contributed by atoms with E-state index in [0.717, 1.165) is 38.7 Å². The Balaban J connectivity index is 1.66. The number of carbonyl (C=O) groups is 1. The van der Waals surface area contributed by atoms with E-state index in [4.69, 9.17) is 0 Å². The van der Waals surface area contributed by atoms with Gasteiger partial charge in [-0.05, 0) is 35.9 Å². The van der Waals surface area contributed by atoms with Crippen molar-refractivity contribution < 1.29 is 4.79 Å². The number of amides is 1. The molecule has 0 atom stereocenters. The van der Waals surface area contributed by atoms with Gasteiger partial charge in [0, 0.05) is 50.5 Å². The number of nitrogens with one attached hydrogen (secondary N) is 1. The van der Waals surface area contributed by atoms with Gasteiger partial charge in [-0.15, -0.1) is 0 Å². The van der Waals surface area contributed by atoms with Crippen LogP contribution in [0.1, 0.15) is 16.7 Å². The molecule has 136 valence electrons. The van der Waals surface area contributed by atoms with Crippen LogP contribution in [-0.2, 0) is 11.3 Å². The summed E-state index contributed by atoms with van der Waals surface area (Å²) >= 11 is 3.58. The molecule has 0 saturated carbocycles. The molecule has 1 amide bonds. The van der Waals surface area contributed by atoms with Gasteiger partial charge in [0.1, 0.15) is 0 Å². The van der Waals surface area contributed by atoms with E-state index in [1.807, 2.05) is 36.4 Å². The normalized spacial score (nSPS) is 14.5. The van der Waals surface area contributed by atoms with Crippen molar-refractivity contribution in [3.8, 4) is 0 Å². The fourth-order valence-corrected chi connectivity index (χ4v) is 4.12. The largest absolute Gasteiger partial charge is 0.342 e. The van der Waals surface area contributed by atoms with Crippen LogP contribution in [0.5, 0.6) is 0 Å². The van der Waals surface area contributed by atoms with Crippen LogP contribution < -0.4 is 5.32 Å². The highest BCUT2D eigenvalue weighted by atomic mass is 79.9. The Morgan fingerprint density at radius 1 is 0.964 bits per heavy atom. The van der Waals surface area contributed by atoms with E-state index in [-0.39, 0.29) is 5.91 Å². The molecule has 0 bridgehead atoms. The summed E-state index contributed by atoms with van der Waals surface area (Å²) in [6.07, 6.45) is 4.13. The maximum Gasteiger partial charge on any atom is 0.256 e. The molecule has 3 nitrogen and oxygen atoms in total. The lowest BCUT2D eigenvalue weighted by Gasteiger charge is -2.05. The zero-order chi connectivity index (χ0) is 19.1. The van der Waals surface area contributed by atoms with Crippen LogP contribution >= 0.6 is 15.9 Å². The minimum atomic E-state index is -0.0554. The number of hydrogen-bond acceptors (Lipinski definition) is 1. The zero-order valence-electron chi connectivity index (χ0n) is 15.0. The first-order valence-electron chi connectivity index (χ1n) is 9.14. The van der Waals surface area contributed by atoms with Gasteiger partial charge in [0.05, 0.1) is 0 Å². The standard InChI is InChI=1S/C24H17BrN2O/c25-18-10-11-23-20(13-18)17(15-27(23)14-16-6-2-1-3-7-16)12-21-19-8-4-5-9-22(19)26-24(21)28/h1-13,15H,14H2,(H,26,28). The predicted molar refractivity (Wildman–Crippen MR) is 118 cm³/mol. The molecule has 1 aromatic heterocycles. The van der Waals surface area contributed by atoms with Crippen molar-refractivity contribution in [2.75, 3.05) is 5.32 Å². The Morgan fingerprint density at radius 3 is 2.61 bits per heavy atom. The smallest absolute Gasteiger partial charge is 0.256 e. The van der Waals surface area contributed by atoms with Gasteiger partial charge >= 0.3 is 0 Å². The fraction of sp³-hybridized carbons (Fsp3) is 0.0417. The number of anilines is 1. The fourth-order valence-electron chi connectivity index (χ4n) is 3.76. The maximum atomic E-state index is 12.5. The van der Waals surface area contributed by atoms with Crippen molar-refractivity contribution in [3.63, 3.8) is 0 Å². The SMILES string of the molecule is O=C1Nc2ccccc2C1=Cc1cn(Cc2ccccc2)c2ccc(Br)cc12. The molecule has 1 aliphatic heterocycles.